The minimum atomic E-state index is -0.0551. The normalized spacial score (nSPS) is 18.7. The number of nitrogens with zero attached hydrogens (tertiary/aromatic N) is 3. The SMILES string of the molecule is Cc1cc(C(=O)N2CCC(N)C(C)(C)C2)c(C)n1-c1ccccn1.Cl.Cl. The topological polar surface area (TPSA) is 64.2 Å². The van der Waals surface area contributed by atoms with E-state index in [2.05, 4.69) is 18.8 Å². The lowest BCUT2D eigenvalue weighted by molar-refractivity contribution is 0.0532. The number of nitrogens with two attached hydrogens (primary N) is 1. The highest BCUT2D eigenvalue weighted by atomic mass is 35.5. The summed E-state index contributed by atoms with van der Waals surface area (Å²) < 4.78 is 2.04. The maximum atomic E-state index is 13.1. The van der Waals surface area contributed by atoms with Crippen molar-refractivity contribution in [2.75, 3.05) is 13.1 Å². The molecule has 0 saturated carbocycles. The molecule has 1 unspecified atom stereocenters. The fourth-order valence-electron chi connectivity index (χ4n) is 3.54. The lowest BCUT2D eigenvalue weighted by Gasteiger charge is -2.42. The smallest absolute Gasteiger partial charge is 0.255 e. The number of likely N-dealkylation sites (tertiary alicyclic amines) is 1. The molecule has 3 rings (SSSR count). The highest BCUT2D eigenvalue weighted by molar-refractivity contribution is 5.96. The first-order chi connectivity index (χ1) is 11.3. The Kier molecular flexibility index (Phi) is 7.28. The van der Waals surface area contributed by atoms with E-state index < -0.39 is 0 Å². The number of rotatable bonds is 2. The van der Waals surface area contributed by atoms with Crippen molar-refractivity contribution in [3.05, 3.63) is 47.4 Å². The summed E-state index contributed by atoms with van der Waals surface area (Å²) in [6.45, 7) is 9.67. The number of hydrogen-bond donors (Lipinski definition) is 1. The van der Waals surface area contributed by atoms with E-state index in [-0.39, 0.29) is 42.2 Å². The first-order valence-corrected chi connectivity index (χ1v) is 8.46. The number of pyridine rings is 1. The van der Waals surface area contributed by atoms with E-state index in [0.29, 0.717) is 6.54 Å². The molecule has 2 aromatic heterocycles. The minimum absolute atomic E-state index is 0. The van der Waals surface area contributed by atoms with Gasteiger partial charge in [-0.3, -0.25) is 4.79 Å². The van der Waals surface area contributed by atoms with Crippen molar-refractivity contribution >= 4 is 30.7 Å². The van der Waals surface area contributed by atoms with Gasteiger partial charge in [-0.25, -0.2) is 4.98 Å². The zero-order valence-electron chi connectivity index (χ0n) is 15.7. The molecular formula is C19H28Cl2N4O. The van der Waals surface area contributed by atoms with Crippen molar-refractivity contribution < 1.29 is 4.79 Å². The zero-order valence-corrected chi connectivity index (χ0v) is 17.4. The van der Waals surface area contributed by atoms with E-state index in [4.69, 9.17) is 5.73 Å². The molecule has 144 valence electrons. The van der Waals surface area contributed by atoms with Gasteiger partial charge in [0.2, 0.25) is 0 Å². The average molecular weight is 399 g/mol. The van der Waals surface area contributed by atoms with Gasteiger partial charge in [-0.05, 0) is 43.9 Å². The predicted octanol–water partition coefficient (Wildman–Crippen LogP) is 3.53. The second-order valence-corrected chi connectivity index (χ2v) is 7.42. The Morgan fingerprint density at radius 2 is 1.96 bits per heavy atom. The van der Waals surface area contributed by atoms with Gasteiger partial charge in [0.15, 0.2) is 0 Å². The van der Waals surface area contributed by atoms with Crippen molar-refractivity contribution in [2.24, 2.45) is 11.1 Å². The Hall–Kier alpha value is -1.56. The molecule has 26 heavy (non-hydrogen) atoms. The molecule has 1 amide bonds. The average Bonchev–Trinajstić information content (AvgIpc) is 2.85. The molecule has 1 aliphatic heterocycles. The van der Waals surface area contributed by atoms with Crippen molar-refractivity contribution in [1.29, 1.82) is 0 Å². The zero-order chi connectivity index (χ0) is 17.5. The van der Waals surface area contributed by atoms with Crippen LogP contribution in [0.2, 0.25) is 0 Å². The summed E-state index contributed by atoms with van der Waals surface area (Å²) in [5.74, 6) is 0.929. The van der Waals surface area contributed by atoms with Crippen molar-refractivity contribution in [3.8, 4) is 5.82 Å². The van der Waals surface area contributed by atoms with Crippen LogP contribution in [0.15, 0.2) is 30.5 Å². The van der Waals surface area contributed by atoms with Crippen LogP contribution in [0.25, 0.3) is 5.82 Å². The Morgan fingerprint density at radius 3 is 2.54 bits per heavy atom. The molecular weight excluding hydrogens is 371 g/mol. The molecule has 0 aliphatic carbocycles. The van der Waals surface area contributed by atoms with Crippen LogP contribution in [-0.2, 0) is 0 Å². The van der Waals surface area contributed by atoms with Crippen molar-refractivity contribution in [3.63, 3.8) is 0 Å². The number of amides is 1. The van der Waals surface area contributed by atoms with Crippen molar-refractivity contribution in [2.45, 2.75) is 40.2 Å². The van der Waals surface area contributed by atoms with Gasteiger partial charge in [-0.1, -0.05) is 19.9 Å². The largest absolute Gasteiger partial charge is 0.338 e. The van der Waals surface area contributed by atoms with Crippen LogP contribution in [-0.4, -0.2) is 39.5 Å². The Labute approximate surface area is 167 Å². The first kappa shape index (κ1) is 22.5. The standard InChI is InChI=1S/C19H26N4O.2ClH/c1-13-11-15(14(2)23(13)17-7-5-6-9-21-17)18(24)22-10-8-16(20)19(3,4)12-22;;/h5-7,9,11,16H,8,10,12,20H2,1-4H3;2*1H. The fourth-order valence-corrected chi connectivity index (χ4v) is 3.54. The van der Waals surface area contributed by atoms with E-state index in [9.17, 15) is 4.79 Å². The summed E-state index contributed by atoms with van der Waals surface area (Å²) in [5.41, 5.74) is 8.85. The molecule has 1 aliphatic rings. The van der Waals surface area contributed by atoms with Gasteiger partial charge in [0.05, 0.1) is 5.56 Å². The van der Waals surface area contributed by atoms with Crippen LogP contribution in [0.4, 0.5) is 0 Å². The molecule has 7 heteroatoms. The second-order valence-electron chi connectivity index (χ2n) is 7.42. The van der Waals surface area contributed by atoms with E-state index in [0.717, 1.165) is 35.7 Å². The maximum absolute atomic E-state index is 13.1. The molecule has 1 atom stereocenters. The third kappa shape index (κ3) is 4.05. The lowest BCUT2D eigenvalue weighted by Crippen LogP contribution is -2.54. The number of piperidine rings is 1. The number of carbonyl (C=O) groups excluding carboxylic acids is 1. The molecule has 1 fully saturated rings. The molecule has 3 heterocycles. The Morgan fingerprint density at radius 1 is 1.27 bits per heavy atom. The number of carbonyl (C=O) groups is 1. The summed E-state index contributed by atoms with van der Waals surface area (Å²) >= 11 is 0. The molecule has 2 aromatic rings. The summed E-state index contributed by atoms with van der Waals surface area (Å²) in [7, 11) is 0. The van der Waals surface area contributed by atoms with E-state index >= 15 is 0 Å². The fraction of sp³-hybridized carbons (Fsp3) is 0.474. The molecule has 0 radical (unpaired) electrons. The van der Waals surface area contributed by atoms with Gasteiger partial charge in [0.1, 0.15) is 5.82 Å². The quantitative estimate of drug-likeness (QED) is 0.840. The first-order valence-electron chi connectivity index (χ1n) is 8.46. The Bertz CT molecular complexity index is 758. The third-order valence-corrected chi connectivity index (χ3v) is 5.14. The summed E-state index contributed by atoms with van der Waals surface area (Å²) in [6, 6.07) is 7.91. The Balaban J connectivity index is 0.00000169. The van der Waals surface area contributed by atoms with Gasteiger partial charge >= 0.3 is 0 Å². The second kappa shape index (κ2) is 8.42. The molecule has 2 N–H and O–H groups in total. The summed E-state index contributed by atoms with van der Waals surface area (Å²) in [5, 5.41) is 0. The number of halogens is 2. The van der Waals surface area contributed by atoms with Crippen molar-refractivity contribution in [1.82, 2.24) is 14.5 Å². The van der Waals surface area contributed by atoms with E-state index in [1.807, 2.05) is 47.6 Å². The van der Waals surface area contributed by atoms with Gasteiger partial charge in [-0.15, -0.1) is 24.8 Å². The molecule has 5 nitrogen and oxygen atoms in total. The summed E-state index contributed by atoms with van der Waals surface area (Å²) in [4.78, 5) is 19.4. The maximum Gasteiger partial charge on any atom is 0.255 e. The number of aromatic nitrogens is 2. The van der Waals surface area contributed by atoms with Crippen LogP contribution >= 0.6 is 24.8 Å². The number of aryl methyl sites for hydroxylation is 1. The number of hydrogen-bond acceptors (Lipinski definition) is 3. The monoisotopic (exact) mass is 398 g/mol. The van der Waals surface area contributed by atoms with Crippen LogP contribution in [0, 0.1) is 19.3 Å². The van der Waals surface area contributed by atoms with Crippen LogP contribution in [0.5, 0.6) is 0 Å². The van der Waals surface area contributed by atoms with Crippen LogP contribution in [0.1, 0.15) is 42.0 Å². The van der Waals surface area contributed by atoms with Crippen LogP contribution in [0.3, 0.4) is 0 Å². The van der Waals surface area contributed by atoms with E-state index in [1.54, 1.807) is 6.20 Å². The molecule has 0 bridgehead atoms. The van der Waals surface area contributed by atoms with Gasteiger partial charge in [-0.2, -0.15) is 0 Å². The predicted molar refractivity (Wildman–Crippen MR) is 110 cm³/mol. The van der Waals surface area contributed by atoms with Gasteiger partial charge < -0.3 is 15.2 Å². The third-order valence-electron chi connectivity index (χ3n) is 5.14. The minimum Gasteiger partial charge on any atom is -0.338 e. The van der Waals surface area contributed by atoms with Gasteiger partial charge in [0, 0.05) is 36.7 Å². The molecule has 0 aromatic carbocycles. The van der Waals surface area contributed by atoms with E-state index in [1.165, 1.54) is 0 Å². The summed E-state index contributed by atoms with van der Waals surface area (Å²) in [6.07, 6.45) is 2.61. The highest BCUT2D eigenvalue weighted by Gasteiger charge is 2.36. The molecule has 1 saturated heterocycles. The highest BCUT2D eigenvalue weighted by Crippen LogP contribution is 2.29. The lowest BCUT2D eigenvalue weighted by atomic mass is 9.79. The molecule has 0 spiro atoms. The van der Waals surface area contributed by atoms with Gasteiger partial charge in [0.25, 0.3) is 5.91 Å². The van der Waals surface area contributed by atoms with Crippen LogP contribution < -0.4 is 5.73 Å².